The molecule has 1 aromatic carbocycles. The van der Waals surface area contributed by atoms with Crippen LogP contribution in [0.4, 0.5) is 0 Å². The first kappa shape index (κ1) is 15.6. The van der Waals surface area contributed by atoms with Crippen LogP contribution >= 0.6 is 0 Å². The number of piperidine rings is 1. The molecule has 0 radical (unpaired) electrons. The molecule has 0 aliphatic carbocycles. The van der Waals surface area contributed by atoms with Crippen LogP contribution in [-0.4, -0.2) is 24.5 Å². The van der Waals surface area contributed by atoms with Gasteiger partial charge in [-0.3, -0.25) is 0 Å². The number of hydrogen-bond acceptors (Lipinski definition) is 1. The van der Waals surface area contributed by atoms with E-state index < -0.39 is 0 Å². The fraction of sp³-hybridized carbons (Fsp3) is 0.684. The van der Waals surface area contributed by atoms with Gasteiger partial charge in [0.15, 0.2) is 0 Å². The number of nitrogens with zero attached hydrogens (tertiary/aromatic N) is 1. The number of hydrogen-bond donors (Lipinski definition) is 0. The molecule has 0 amide bonds. The number of rotatable bonds is 5. The lowest BCUT2D eigenvalue weighted by Crippen LogP contribution is -2.52. The minimum absolute atomic E-state index is 0.401. The predicted molar refractivity (Wildman–Crippen MR) is 88.1 cm³/mol. The highest BCUT2D eigenvalue weighted by Gasteiger charge is 2.44. The van der Waals surface area contributed by atoms with E-state index in [1.54, 1.807) is 5.56 Å². The molecule has 0 N–H and O–H groups in total. The Hall–Kier alpha value is -0.820. The molecule has 1 saturated heterocycles. The smallest absolute Gasteiger partial charge is 0.00726 e. The van der Waals surface area contributed by atoms with Gasteiger partial charge in [-0.2, -0.15) is 0 Å². The Morgan fingerprint density at radius 1 is 1.15 bits per heavy atom. The number of benzene rings is 1. The molecular formula is C19H31N. The van der Waals surface area contributed by atoms with Crippen molar-refractivity contribution in [3.05, 3.63) is 35.9 Å². The highest BCUT2D eigenvalue weighted by Crippen LogP contribution is 2.46. The second-order valence-electron chi connectivity index (χ2n) is 6.75. The summed E-state index contributed by atoms with van der Waals surface area (Å²) >= 11 is 0. The van der Waals surface area contributed by atoms with E-state index in [0.717, 1.165) is 5.92 Å². The second kappa shape index (κ2) is 6.76. The van der Waals surface area contributed by atoms with Crippen LogP contribution in [-0.2, 0) is 5.41 Å². The van der Waals surface area contributed by atoms with Gasteiger partial charge in [-0.15, -0.1) is 0 Å². The summed E-state index contributed by atoms with van der Waals surface area (Å²) in [6, 6.07) is 12.0. The molecule has 1 heterocycles. The van der Waals surface area contributed by atoms with Gasteiger partial charge in [0, 0.05) is 18.0 Å². The Morgan fingerprint density at radius 2 is 1.85 bits per heavy atom. The minimum atomic E-state index is 0.401. The highest BCUT2D eigenvalue weighted by molar-refractivity contribution is 5.28. The van der Waals surface area contributed by atoms with Crippen molar-refractivity contribution in [3.63, 3.8) is 0 Å². The number of likely N-dealkylation sites (tertiary alicyclic amines) is 1. The zero-order chi connectivity index (χ0) is 14.6. The van der Waals surface area contributed by atoms with Crippen molar-refractivity contribution in [2.75, 3.05) is 13.6 Å². The molecule has 3 unspecified atom stereocenters. The van der Waals surface area contributed by atoms with E-state index in [9.17, 15) is 0 Å². The third-order valence-electron chi connectivity index (χ3n) is 5.38. The molecule has 2 rings (SSSR count). The summed E-state index contributed by atoms with van der Waals surface area (Å²) in [4.78, 5) is 2.57. The maximum atomic E-state index is 2.57. The average molecular weight is 273 g/mol. The van der Waals surface area contributed by atoms with Crippen molar-refractivity contribution in [2.24, 2.45) is 5.92 Å². The van der Waals surface area contributed by atoms with E-state index in [4.69, 9.17) is 0 Å². The van der Waals surface area contributed by atoms with Gasteiger partial charge in [0.25, 0.3) is 0 Å². The van der Waals surface area contributed by atoms with Gasteiger partial charge in [-0.1, -0.05) is 57.0 Å². The predicted octanol–water partition coefficient (Wildman–Crippen LogP) is 4.86. The minimum Gasteiger partial charge on any atom is -0.303 e. The van der Waals surface area contributed by atoms with Crippen molar-refractivity contribution in [1.82, 2.24) is 4.90 Å². The lowest BCUT2D eigenvalue weighted by atomic mass is 9.61. The van der Waals surface area contributed by atoms with Crippen LogP contribution in [0.1, 0.15) is 58.4 Å². The van der Waals surface area contributed by atoms with E-state index in [2.05, 4.69) is 63.1 Å². The van der Waals surface area contributed by atoms with E-state index in [-0.39, 0.29) is 0 Å². The van der Waals surface area contributed by atoms with Gasteiger partial charge >= 0.3 is 0 Å². The first-order chi connectivity index (χ1) is 9.64. The van der Waals surface area contributed by atoms with Crippen molar-refractivity contribution >= 4 is 0 Å². The van der Waals surface area contributed by atoms with Crippen LogP contribution in [0.15, 0.2) is 30.3 Å². The summed E-state index contributed by atoms with van der Waals surface area (Å²) in [5.74, 6) is 0.802. The lowest BCUT2D eigenvalue weighted by Gasteiger charge is -2.51. The standard InChI is InChI=1S/C19H31N/c1-5-10-18-15-20(4)16(3)14-19(18,13-6-2)17-11-8-7-9-12-17/h7-9,11-12,16,18H,5-6,10,13-15H2,1-4H3. The van der Waals surface area contributed by atoms with E-state index >= 15 is 0 Å². The fourth-order valence-corrected chi connectivity index (χ4v) is 4.29. The molecule has 0 bridgehead atoms. The van der Waals surface area contributed by atoms with Crippen LogP contribution in [0, 0.1) is 5.92 Å². The molecule has 0 saturated carbocycles. The average Bonchev–Trinajstić information content (AvgIpc) is 2.46. The fourth-order valence-electron chi connectivity index (χ4n) is 4.29. The Kier molecular flexibility index (Phi) is 5.26. The van der Waals surface area contributed by atoms with Crippen molar-refractivity contribution in [1.29, 1.82) is 0 Å². The summed E-state index contributed by atoms with van der Waals surface area (Å²) in [6.45, 7) is 8.33. The van der Waals surface area contributed by atoms with Gasteiger partial charge in [-0.25, -0.2) is 0 Å². The molecule has 1 aromatic rings. The third-order valence-corrected chi connectivity index (χ3v) is 5.38. The van der Waals surface area contributed by atoms with E-state index in [1.165, 1.54) is 38.6 Å². The molecule has 3 atom stereocenters. The molecule has 1 aliphatic rings. The quantitative estimate of drug-likeness (QED) is 0.740. The van der Waals surface area contributed by atoms with Gasteiger partial charge in [0.2, 0.25) is 0 Å². The summed E-state index contributed by atoms with van der Waals surface area (Å²) in [5.41, 5.74) is 1.98. The molecule has 1 heteroatoms. The Labute approximate surface area is 125 Å². The first-order valence-corrected chi connectivity index (χ1v) is 8.39. The lowest BCUT2D eigenvalue weighted by molar-refractivity contribution is 0.0537. The monoisotopic (exact) mass is 273 g/mol. The van der Waals surface area contributed by atoms with Crippen LogP contribution < -0.4 is 0 Å². The van der Waals surface area contributed by atoms with Crippen molar-refractivity contribution < 1.29 is 0 Å². The molecule has 1 nitrogen and oxygen atoms in total. The Morgan fingerprint density at radius 3 is 2.45 bits per heavy atom. The van der Waals surface area contributed by atoms with E-state index in [0.29, 0.717) is 11.5 Å². The van der Waals surface area contributed by atoms with Gasteiger partial charge in [-0.05, 0) is 44.7 Å². The topological polar surface area (TPSA) is 3.24 Å². The van der Waals surface area contributed by atoms with Crippen LogP contribution in [0.2, 0.25) is 0 Å². The molecule has 112 valence electrons. The highest BCUT2D eigenvalue weighted by atomic mass is 15.1. The molecule has 1 aliphatic heterocycles. The largest absolute Gasteiger partial charge is 0.303 e. The van der Waals surface area contributed by atoms with Gasteiger partial charge < -0.3 is 4.90 Å². The van der Waals surface area contributed by atoms with Crippen LogP contribution in [0.5, 0.6) is 0 Å². The third kappa shape index (κ3) is 2.93. The molecule has 0 spiro atoms. The van der Waals surface area contributed by atoms with Gasteiger partial charge in [0.05, 0.1) is 0 Å². The summed E-state index contributed by atoms with van der Waals surface area (Å²) in [7, 11) is 2.30. The molecule has 0 aromatic heterocycles. The first-order valence-electron chi connectivity index (χ1n) is 8.39. The Bertz CT molecular complexity index is 399. The maximum Gasteiger partial charge on any atom is 0.00726 e. The van der Waals surface area contributed by atoms with Crippen LogP contribution in [0.25, 0.3) is 0 Å². The van der Waals surface area contributed by atoms with E-state index in [1.807, 2.05) is 0 Å². The summed E-state index contributed by atoms with van der Waals surface area (Å²) < 4.78 is 0. The normalized spacial score (nSPS) is 31.4. The zero-order valence-corrected chi connectivity index (χ0v) is 13.7. The van der Waals surface area contributed by atoms with Crippen molar-refractivity contribution in [3.8, 4) is 0 Å². The zero-order valence-electron chi connectivity index (χ0n) is 13.7. The maximum absolute atomic E-state index is 2.57. The second-order valence-corrected chi connectivity index (χ2v) is 6.75. The van der Waals surface area contributed by atoms with Crippen LogP contribution in [0.3, 0.4) is 0 Å². The Balaban J connectivity index is 2.40. The molecule has 1 fully saturated rings. The summed E-state index contributed by atoms with van der Waals surface area (Å²) in [6.07, 6.45) is 6.58. The van der Waals surface area contributed by atoms with Gasteiger partial charge in [0.1, 0.15) is 0 Å². The SMILES string of the molecule is CCCC1CN(C)C(C)CC1(CCC)c1ccccc1. The molecular weight excluding hydrogens is 242 g/mol. The summed E-state index contributed by atoms with van der Waals surface area (Å²) in [5, 5.41) is 0. The van der Waals surface area contributed by atoms with Crippen molar-refractivity contribution in [2.45, 2.75) is 64.3 Å². The molecule has 20 heavy (non-hydrogen) atoms.